The van der Waals surface area contributed by atoms with E-state index in [9.17, 15) is 0 Å². The molecule has 0 fully saturated rings. The molecule has 21 heteroatoms. The lowest BCUT2D eigenvalue weighted by Gasteiger charge is -2.33. The van der Waals surface area contributed by atoms with Crippen molar-refractivity contribution in [2.45, 2.75) is 0 Å². The maximum absolute atomic E-state index is 2.43. The Bertz CT molecular complexity index is 3630. The number of rotatable bonds is 4. The quantitative estimate of drug-likeness (QED) is 0.0942. The monoisotopic (exact) mass is 835 g/mol. The molecule has 0 saturated carbocycles. The van der Waals surface area contributed by atoms with E-state index in [1.807, 2.05) is 0 Å². The molecule has 0 aliphatic rings. The lowest BCUT2D eigenvalue weighted by molar-refractivity contribution is 1.73. The fraction of sp³-hybridized carbons (Fsp3) is 0. The van der Waals surface area contributed by atoms with Crippen LogP contribution in [0.15, 0.2) is 54.6 Å². The number of fused-ring (bicyclic) bond motifs is 5. The lowest BCUT2D eigenvalue weighted by Crippen LogP contribution is -2.57. The Hall–Kier alpha value is -4.62. The summed E-state index contributed by atoms with van der Waals surface area (Å²) in [4.78, 5) is 0. The van der Waals surface area contributed by atoms with Gasteiger partial charge < -0.3 is 0 Å². The minimum atomic E-state index is 1.29. The Balaban J connectivity index is 1.52. The predicted molar refractivity (Wildman–Crippen MR) is 370 cm³/mol. The summed E-state index contributed by atoms with van der Waals surface area (Å²) in [6.45, 7) is 0. The van der Waals surface area contributed by atoms with E-state index in [1.54, 1.807) is 0 Å². The Morgan fingerprint density at radius 2 is 0.478 bits per heavy atom. The maximum Gasteiger partial charge on any atom is 0.139 e. The number of hydrogen-bond acceptors (Lipinski definition) is 0. The van der Waals surface area contributed by atoms with Crippen LogP contribution in [0, 0.1) is 0 Å². The van der Waals surface area contributed by atoms with Gasteiger partial charge in [-0.15, -0.1) is 49.2 Å². The van der Waals surface area contributed by atoms with E-state index < -0.39 is 0 Å². The van der Waals surface area contributed by atoms with E-state index >= 15 is 0 Å². The highest BCUT2D eigenvalue weighted by Gasteiger charge is 2.31. The summed E-state index contributed by atoms with van der Waals surface area (Å²) < 4.78 is 0. The van der Waals surface area contributed by atoms with Crippen LogP contribution in [0.2, 0.25) is 0 Å². The zero-order chi connectivity index (χ0) is 48.7. The van der Waals surface area contributed by atoms with Crippen LogP contribution in [0.5, 0.6) is 0 Å². The molecule has 9 aromatic rings. The topological polar surface area (TPSA) is 0 Å². The number of hydrogen-bond donors (Lipinski definition) is 0. The summed E-state index contributed by atoms with van der Waals surface area (Å²) in [5.74, 6) is 0. The van der Waals surface area contributed by atoms with Crippen LogP contribution in [0.1, 0.15) is 0 Å². The molecule has 0 aromatic heterocycles. The Labute approximate surface area is 419 Å². The molecule has 9 rings (SSSR count). The molecule has 0 amide bonds. The van der Waals surface area contributed by atoms with Gasteiger partial charge in [-0.3, -0.25) is 0 Å². The van der Waals surface area contributed by atoms with E-state index in [-0.39, 0.29) is 0 Å². The van der Waals surface area contributed by atoms with E-state index in [0.717, 1.165) is 0 Å². The average molecular weight is 831 g/mol. The summed E-state index contributed by atoms with van der Waals surface area (Å²) in [5, 5.41) is 10.8. The normalized spacial score (nSPS) is 11.6. The van der Waals surface area contributed by atoms with E-state index in [1.165, 1.54) is 202 Å². The van der Waals surface area contributed by atoms with Crippen LogP contribution >= 0.6 is 0 Å². The summed E-state index contributed by atoms with van der Waals surface area (Å²) in [5.41, 5.74) is 40.3. The van der Waals surface area contributed by atoms with Gasteiger partial charge in [0.05, 0.1) is 0 Å². The van der Waals surface area contributed by atoms with E-state index in [2.05, 4.69) is 219 Å². The fourth-order valence-corrected chi connectivity index (χ4v) is 12.7. The van der Waals surface area contributed by atoms with E-state index in [0.29, 0.717) is 0 Å². The molecular weight excluding hydrogens is 780 g/mol. The first-order chi connectivity index (χ1) is 31.6. The van der Waals surface area contributed by atoms with E-state index in [4.69, 9.17) is 0 Å². The third kappa shape index (κ3) is 6.65. The summed E-state index contributed by atoms with van der Waals surface area (Å²) in [7, 11) is 50.1. The van der Waals surface area contributed by atoms with Gasteiger partial charge in [-0.25, -0.2) is 0 Å². The molecule has 0 nitrogen and oxygen atoms in total. The van der Waals surface area contributed by atoms with Crippen LogP contribution in [0.4, 0.5) is 0 Å². The molecule has 0 aliphatic carbocycles. The summed E-state index contributed by atoms with van der Waals surface area (Å²) in [6, 6.07) is 20.5. The molecule has 0 N–H and O–H groups in total. The molecule has 0 heterocycles. The van der Waals surface area contributed by atoms with Crippen LogP contribution in [0.25, 0.3) is 87.6 Å². The molecule has 0 aliphatic heterocycles. The fourth-order valence-electron chi connectivity index (χ4n) is 12.7. The molecule has 0 bridgehead atoms. The standard InChI is InChI=1S/C46H51B21/c47-26-15(12-7-8-14-11(9-12)6-5-10-3-1-2-4-13(10)14)27(48)35(56)24(34(26)55)17-21-18(28(49)38(59)41(62)31(21)52)16(19-22(17)32(53)42(63)39(60)29(19)50)20-23(33(54)43(64)40(61)30(20)51)25-36(57)44(65)46(67)45(66)37(25)58/h1-9H,47-67H2. The Morgan fingerprint density at radius 3 is 0.925 bits per heavy atom. The van der Waals surface area contributed by atoms with Gasteiger partial charge in [0.2, 0.25) is 0 Å². The van der Waals surface area contributed by atoms with Crippen LogP contribution in [-0.4, -0.2) is 165 Å². The van der Waals surface area contributed by atoms with Gasteiger partial charge in [-0.2, -0.15) is 0 Å². The average Bonchev–Trinajstić information content (AvgIpc) is 3.32. The van der Waals surface area contributed by atoms with Gasteiger partial charge in [0.1, 0.15) is 165 Å². The predicted octanol–water partition coefficient (Wildman–Crippen LogP) is -23.6. The molecule has 0 spiro atoms. The largest absolute Gasteiger partial charge is 0.139 e. The van der Waals surface area contributed by atoms with Crippen LogP contribution in [-0.2, 0) is 0 Å². The van der Waals surface area contributed by atoms with Crippen molar-refractivity contribution in [2.75, 3.05) is 0 Å². The van der Waals surface area contributed by atoms with Crippen LogP contribution in [0.3, 0.4) is 0 Å². The minimum Gasteiger partial charge on any atom is -0.102 e. The van der Waals surface area contributed by atoms with Crippen molar-refractivity contribution in [3.8, 4) is 44.5 Å². The molecule has 0 atom stereocenters. The third-order valence-electron chi connectivity index (χ3n) is 18.5. The second-order valence-corrected chi connectivity index (χ2v) is 21.0. The van der Waals surface area contributed by atoms with Crippen molar-refractivity contribution in [1.29, 1.82) is 0 Å². The SMILES string of the molecule is Bc1c(B)c(B)c(-c2c(B)c(B)c(B)c(B)c2-c2c3c(B)c(B)c(B)c(B)c3c(-c3c(B)c(B)c(-c4ccc5c(ccc6ccccc65)c4)c(B)c3B)c3c(B)c(B)c(B)c(B)c23)c(B)c1B. The van der Waals surface area contributed by atoms with Gasteiger partial charge >= 0.3 is 0 Å². The van der Waals surface area contributed by atoms with Gasteiger partial charge in [0.15, 0.2) is 0 Å². The van der Waals surface area contributed by atoms with Crippen molar-refractivity contribution < 1.29 is 0 Å². The first-order valence-electron chi connectivity index (χ1n) is 24.7. The van der Waals surface area contributed by atoms with Gasteiger partial charge in [0.25, 0.3) is 0 Å². The Morgan fingerprint density at radius 1 is 0.194 bits per heavy atom. The molecule has 9 aromatic carbocycles. The second kappa shape index (κ2) is 16.8. The highest BCUT2D eigenvalue weighted by atomic mass is 14.3. The lowest BCUT2D eigenvalue weighted by atomic mass is 9.54. The highest BCUT2D eigenvalue weighted by molar-refractivity contribution is 6.75. The second-order valence-electron chi connectivity index (χ2n) is 21.0. The summed E-state index contributed by atoms with van der Waals surface area (Å²) >= 11 is 0. The molecule has 0 radical (unpaired) electrons. The minimum absolute atomic E-state index is 1.29. The van der Waals surface area contributed by atoms with Crippen molar-refractivity contribution >= 4 is 323 Å². The maximum atomic E-state index is 2.43. The van der Waals surface area contributed by atoms with Crippen molar-refractivity contribution in [3.63, 3.8) is 0 Å². The zero-order valence-electron chi connectivity index (χ0n) is 44.7. The van der Waals surface area contributed by atoms with Gasteiger partial charge in [-0.05, 0) is 93.7 Å². The smallest absolute Gasteiger partial charge is 0.102 e. The van der Waals surface area contributed by atoms with Gasteiger partial charge in [-0.1, -0.05) is 114 Å². The first-order valence-corrected chi connectivity index (χ1v) is 24.7. The molecule has 0 unspecified atom stereocenters. The van der Waals surface area contributed by atoms with Crippen molar-refractivity contribution in [2.24, 2.45) is 0 Å². The van der Waals surface area contributed by atoms with Crippen LogP contribution < -0.4 is 115 Å². The number of benzene rings is 9. The van der Waals surface area contributed by atoms with Gasteiger partial charge in [0, 0.05) is 0 Å². The molecule has 0 saturated heterocycles. The Kier molecular flexibility index (Phi) is 11.9. The highest BCUT2D eigenvalue weighted by Crippen LogP contribution is 2.41. The molecular formula is C46H51B21. The molecule has 67 heavy (non-hydrogen) atoms. The van der Waals surface area contributed by atoms with Crippen molar-refractivity contribution in [1.82, 2.24) is 0 Å². The molecule has 298 valence electrons. The summed E-state index contributed by atoms with van der Waals surface area (Å²) in [6.07, 6.45) is 0. The first kappa shape index (κ1) is 47.4. The zero-order valence-corrected chi connectivity index (χ0v) is 44.7. The third-order valence-corrected chi connectivity index (χ3v) is 18.5. The van der Waals surface area contributed by atoms with Crippen molar-refractivity contribution in [3.05, 3.63) is 54.6 Å².